The van der Waals surface area contributed by atoms with Crippen LogP contribution in [0.4, 0.5) is 0 Å². The Hall–Kier alpha value is -1.63. The van der Waals surface area contributed by atoms with Crippen LogP contribution in [0.3, 0.4) is 0 Å². The molecule has 2 atom stereocenters. The highest BCUT2D eigenvalue weighted by atomic mass is 35.5. The number of rotatable bonds is 3. The van der Waals surface area contributed by atoms with Crippen molar-refractivity contribution in [2.45, 2.75) is 12.1 Å². The van der Waals surface area contributed by atoms with Crippen LogP contribution in [-0.2, 0) is 4.74 Å². The van der Waals surface area contributed by atoms with Crippen molar-refractivity contribution in [1.82, 2.24) is 20.4 Å². The number of nitrogens with zero attached hydrogens (tertiary/aromatic N) is 2. The zero-order valence-corrected chi connectivity index (χ0v) is 17.5. The molecule has 3 heterocycles. The first-order valence-electron chi connectivity index (χ1n) is 10.7. The van der Waals surface area contributed by atoms with Crippen LogP contribution in [-0.4, -0.2) is 74.9 Å². The summed E-state index contributed by atoms with van der Waals surface area (Å²) in [6, 6.07) is 7.01. The highest BCUT2D eigenvalue weighted by Crippen LogP contribution is 2.40. The first-order chi connectivity index (χ1) is 14.3. The minimum atomic E-state index is 0.250. The van der Waals surface area contributed by atoms with Gasteiger partial charge in [-0.3, -0.25) is 9.80 Å². The fourth-order valence-electron chi connectivity index (χ4n) is 4.95. The SMILES string of the molecule is Clc1ccc2c(c1)C(CN1CCOCC1)=CC1=CC=CNC1C2N1CCNCC1. The molecule has 1 aromatic rings. The third-order valence-electron chi connectivity index (χ3n) is 6.40. The second-order valence-corrected chi connectivity index (χ2v) is 8.63. The molecule has 0 spiro atoms. The third kappa shape index (κ3) is 4.03. The topological polar surface area (TPSA) is 39.8 Å². The second-order valence-electron chi connectivity index (χ2n) is 8.19. The molecule has 4 aliphatic rings. The summed E-state index contributed by atoms with van der Waals surface area (Å²) in [6.07, 6.45) is 8.86. The van der Waals surface area contributed by atoms with E-state index in [-0.39, 0.29) is 6.04 Å². The van der Waals surface area contributed by atoms with Crippen LogP contribution >= 0.6 is 11.6 Å². The van der Waals surface area contributed by atoms with E-state index in [4.69, 9.17) is 16.3 Å². The Kier molecular flexibility index (Phi) is 5.75. The van der Waals surface area contributed by atoms with Gasteiger partial charge in [-0.15, -0.1) is 0 Å². The van der Waals surface area contributed by atoms with E-state index in [1.165, 1.54) is 22.3 Å². The smallest absolute Gasteiger partial charge is 0.0705 e. The van der Waals surface area contributed by atoms with Gasteiger partial charge in [0.1, 0.15) is 0 Å². The van der Waals surface area contributed by atoms with Crippen LogP contribution < -0.4 is 10.6 Å². The number of allylic oxidation sites excluding steroid dienone is 2. The lowest BCUT2D eigenvalue weighted by Crippen LogP contribution is -2.51. The van der Waals surface area contributed by atoms with Crippen molar-refractivity contribution in [3.05, 3.63) is 64.3 Å². The molecule has 0 amide bonds. The number of nitrogens with one attached hydrogen (secondary N) is 2. The number of halogens is 1. The van der Waals surface area contributed by atoms with Gasteiger partial charge >= 0.3 is 0 Å². The quantitative estimate of drug-likeness (QED) is 0.797. The predicted molar refractivity (Wildman–Crippen MR) is 118 cm³/mol. The highest BCUT2D eigenvalue weighted by molar-refractivity contribution is 6.30. The molecule has 5 nitrogen and oxygen atoms in total. The van der Waals surface area contributed by atoms with E-state index in [1.807, 2.05) is 0 Å². The summed E-state index contributed by atoms with van der Waals surface area (Å²) in [5.41, 5.74) is 5.39. The van der Waals surface area contributed by atoms with Crippen LogP contribution in [0.5, 0.6) is 0 Å². The van der Waals surface area contributed by atoms with Gasteiger partial charge in [0.2, 0.25) is 0 Å². The number of dihydropyridines is 1. The van der Waals surface area contributed by atoms with Gasteiger partial charge < -0.3 is 15.4 Å². The van der Waals surface area contributed by atoms with Crippen molar-refractivity contribution >= 4 is 17.2 Å². The Morgan fingerprint density at radius 3 is 2.76 bits per heavy atom. The monoisotopic (exact) mass is 412 g/mol. The molecule has 3 aliphatic heterocycles. The summed E-state index contributed by atoms with van der Waals surface area (Å²) in [4.78, 5) is 5.12. The number of hydrogen-bond acceptors (Lipinski definition) is 5. The summed E-state index contributed by atoms with van der Waals surface area (Å²) in [6.45, 7) is 8.71. The van der Waals surface area contributed by atoms with E-state index in [2.05, 4.69) is 63.1 Å². The van der Waals surface area contributed by atoms with Gasteiger partial charge in [0.05, 0.1) is 25.3 Å². The number of ether oxygens (including phenoxy) is 1. The molecule has 0 aromatic heterocycles. The van der Waals surface area contributed by atoms with Gasteiger partial charge in [0.25, 0.3) is 0 Å². The van der Waals surface area contributed by atoms with Gasteiger partial charge in [-0.05, 0) is 46.7 Å². The summed E-state index contributed by atoms with van der Waals surface area (Å²) in [7, 11) is 0. The number of benzene rings is 1. The van der Waals surface area contributed by atoms with Crippen molar-refractivity contribution in [3.63, 3.8) is 0 Å². The Morgan fingerprint density at radius 1 is 1.10 bits per heavy atom. The molecular weight excluding hydrogens is 384 g/mol. The molecule has 6 heteroatoms. The maximum absolute atomic E-state index is 6.50. The molecule has 1 aromatic carbocycles. The van der Waals surface area contributed by atoms with E-state index < -0.39 is 0 Å². The van der Waals surface area contributed by atoms with E-state index in [0.29, 0.717) is 6.04 Å². The summed E-state index contributed by atoms with van der Waals surface area (Å²) in [5, 5.41) is 7.97. The Labute approximate surface area is 178 Å². The number of piperazine rings is 1. The minimum absolute atomic E-state index is 0.250. The first-order valence-corrected chi connectivity index (χ1v) is 11.1. The zero-order chi connectivity index (χ0) is 19.6. The number of fused-ring (bicyclic) bond motifs is 2. The van der Waals surface area contributed by atoms with Gasteiger partial charge in [0.15, 0.2) is 0 Å². The third-order valence-corrected chi connectivity index (χ3v) is 6.63. The molecule has 0 saturated carbocycles. The summed E-state index contributed by atoms with van der Waals surface area (Å²) >= 11 is 6.50. The van der Waals surface area contributed by atoms with Crippen molar-refractivity contribution in [2.24, 2.45) is 0 Å². The lowest BCUT2D eigenvalue weighted by atomic mass is 9.90. The van der Waals surface area contributed by atoms with Gasteiger partial charge in [0, 0.05) is 50.8 Å². The predicted octanol–water partition coefficient (Wildman–Crippen LogP) is 2.43. The maximum atomic E-state index is 6.50. The van der Waals surface area contributed by atoms with E-state index in [1.54, 1.807) is 0 Å². The van der Waals surface area contributed by atoms with Crippen molar-refractivity contribution in [3.8, 4) is 0 Å². The maximum Gasteiger partial charge on any atom is 0.0705 e. The molecule has 5 rings (SSSR count). The molecule has 2 unspecified atom stereocenters. The van der Waals surface area contributed by atoms with E-state index >= 15 is 0 Å². The lowest BCUT2D eigenvalue weighted by molar-refractivity contribution is 0.0444. The number of hydrogen-bond donors (Lipinski definition) is 2. The normalized spacial score (nSPS) is 27.9. The molecule has 0 radical (unpaired) electrons. The summed E-state index contributed by atoms with van der Waals surface area (Å²) in [5.74, 6) is 0. The summed E-state index contributed by atoms with van der Waals surface area (Å²) < 4.78 is 5.56. The zero-order valence-electron chi connectivity index (χ0n) is 16.7. The van der Waals surface area contributed by atoms with E-state index in [0.717, 1.165) is 64.0 Å². The standard InChI is InChI=1S/C23H29ClN4O/c24-19-3-4-20-21(15-19)18(16-27-10-12-29-13-11-27)14-17-2-1-5-26-22(17)23(20)28-8-6-25-7-9-28/h1-5,14-15,22-23,25-26H,6-13,16H2. The van der Waals surface area contributed by atoms with Gasteiger partial charge in [-0.1, -0.05) is 29.8 Å². The van der Waals surface area contributed by atoms with Gasteiger partial charge in [-0.25, -0.2) is 0 Å². The molecule has 0 bridgehead atoms. The number of morpholine rings is 1. The first kappa shape index (κ1) is 19.3. The van der Waals surface area contributed by atoms with Gasteiger partial charge in [-0.2, -0.15) is 0 Å². The molecule has 1 aliphatic carbocycles. The molecule has 154 valence electrons. The van der Waals surface area contributed by atoms with Crippen molar-refractivity contribution in [1.29, 1.82) is 0 Å². The van der Waals surface area contributed by atoms with Crippen LogP contribution in [0.15, 0.2) is 48.2 Å². The van der Waals surface area contributed by atoms with Crippen LogP contribution in [0.2, 0.25) is 5.02 Å². The molecular formula is C23H29ClN4O. The molecule has 2 saturated heterocycles. The molecule has 2 fully saturated rings. The average molecular weight is 413 g/mol. The highest BCUT2D eigenvalue weighted by Gasteiger charge is 2.36. The Balaban J connectivity index is 1.58. The molecule has 29 heavy (non-hydrogen) atoms. The fraction of sp³-hybridized carbons (Fsp3) is 0.478. The Morgan fingerprint density at radius 2 is 1.93 bits per heavy atom. The second kappa shape index (κ2) is 8.62. The van der Waals surface area contributed by atoms with Crippen LogP contribution in [0.25, 0.3) is 5.57 Å². The largest absolute Gasteiger partial charge is 0.382 e. The molecule has 2 N–H and O–H groups in total. The van der Waals surface area contributed by atoms with Crippen LogP contribution in [0, 0.1) is 0 Å². The fourth-order valence-corrected chi connectivity index (χ4v) is 5.12. The Bertz CT molecular complexity index is 837. The lowest BCUT2D eigenvalue weighted by Gasteiger charge is -2.40. The van der Waals surface area contributed by atoms with Crippen LogP contribution in [0.1, 0.15) is 17.2 Å². The minimum Gasteiger partial charge on any atom is -0.382 e. The van der Waals surface area contributed by atoms with E-state index in [9.17, 15) is 0 Å². The van der Waals surface area contributed by atoms with Crippen molar-refractivity contribution in [2.75, 3.05) is 59.0 Å². The average Bonchev–Trinajstić information content (AvgIpc) is 2.89. The van der Waals surface area contributed by atoms with Crippen molar-refractivity contribution < 1.29 is 4.74 Å².